The molecule has 0 aliphatic carbocycles. The Morgan fingerprint density at radius 2 is 1.76 bits per heavy atom. The summed E-state index contributed by atoms with van der Waals surface area (Å²) in [7, 11) is 0. The Bertz CT molecular complexity index is 862. The predicted molar refractivity (Wildman–Crippen MR) is 104 cm³/mol. The van der Waals surface area contributed by atoms with Crippen LogP contribution in [-0.2, 0) is 6.54 Å². The molecule has 0 saturated heterocycles. The van der Waals surface area contributed by atoms with Gasteiger partial charge in [-0.25, -0.2) is 4.48 Å². The van der Waals surface area contributed by atoms with Crippen molar-refractivity contribution in [1.29, 1.82) is 0 Å². The number of carbonyl (C=O) groups is 1. The van der Waals surface area contributed by atoms with E-state index < -0.39 is 6.09 Å². The lowest BCUT2D eigenvalue weighted by Gasteiger charge is -2.41. The number of amides is 1. The molecule has 3 rings (SSSR count). The van der Waals surface area contributed by atoms with Crippen LogP contribution in [0.25, 0.3) is 6.08 Å². The first-order chi connectivity index (χ1) is 11.7. The molecule has 0 N–H and O–H groups in total. The van der Waals surface area contributed by atoms with Gasteiger partial charge in [-0.15, -0.1) is 0 Å². The SMILES string of the molecule is Cc1cccc2c1[N+](Cc1ccc(Br)cc1)(C(=O)[O-])C(C(C)(C)C)=C2. The molecule has 1 aliphatic heterocycles. The molecule has 0 fully saturated rings. The lowest BCUT2D eigenvalue weighted by Crippen LogP contribution is -2.59. The molecule has 0 spiro atoms. The number of quaternary nitrogens is 1. The molecule has 0 bridgehead atoms. The number of hydrogen-bond acceptors (Lipinski definition) is 2. The van der Waals surface area contributed by atoms with E-state index >= 15 is 0 Å². The topological polar surface area (TPSA) is 40.1 Å². The maximum Gasteiger partial charge on any atom is 0.268 e. The van der Waals surface area contributed by atoms with Gasteiger partial charge in [-0.3, -0.25) is 0 Å². The van der Waals surface area contributed by atoms with Gasteiger partial charge in [-0.2, -0.15) is 0 Å². The number of nitrogens with zero attached hydrogens (tertiary/aromatic N) is 1. The second-order valence-electron chi connectivity index (χ2n) is 7.65. The maximum absolute atomic E-state index is 12.6. The molecule has 3 nitrogen and oxygen atoms in total. The number of aryl methyl sites for hydroxylation is 1. The van der Waals surface area contributed by atoms with E-state index in [-0.39, 0.29) is 9.90 Å². The fourth-order valence-electron chi connectivity index (χ4n) is 3.77. The lowest BCUT2D eigenvalue weighted by atomic mass is 9.89. The van der Waals surface area contributed by atoms with E-state index in [1.165, 1.54) is 0 Å². The zero-order chi connectivity index (χ0) is 18.4. The predicted octanol–water partition coefficient (Wildman–Crippen LogP) is 5.01. The van der Waals surface area contributed by atoms with Crippen LogP contribution in [0.3, 0.4) is 0 Å². The Kier molecular flexibility index (Phi) is 4.38. The molecule has 0 saturated carbocycles. The molecular weight excluding hydrogens is 378 g/mol. The smallest absolute Gasteiger partial charge is 0.268 e. The third-order valence-corrected chi connectivity index (χ3v) is 5.30. The zero-order valence-corrected chi connectivity index (χ0v) is 16.6. The minimum Gasteiger partial charge on any atom is -0.498 e. The first-order valence-corrected chi connectivity index (χ1v) is 9.12. The summed E-state index contributed by atoms with van der Waals surface area (Å²) in [5, 5.41) is 12.6. The molecule has 2 aromatic carbocycles. The molecular formula is C21H22BrNO2. The number of benzene rings is 2. The Labute approximate surface area is 157 Å². The minimum absolute atomic E-state index is 0.271. The molecule has 1 heterocycles. The highest BCUT2D eigenvalue weighted by atomic mass is 79.9. The van der Waals surface area contributed by atoms with Crippen LogP contribution < -0.4 is 9.59 Å². The van der Waals surface area contributed by atoms with E-state index in [0.29, 0.717) is 6.54 Å². The molecule has 130 valence electrons. The summed E-state index contributed by atoms with van der Waals surface area (Å²) in [5.74, 6) is 0. The highest BCUT2D eigenvalue weighted by molar-refractivity contribution is 9.10. The van der Waals surface area contributed by atoms with E-state index in [9.17, 15) is 9.90 Å². The summed E-state index contributed by atoms with van der Waals surface area (Å²) in [4.78, 5) is 12.6. The van der Waals surface area contributed by atoms with Gasteiger partial charge in [-0.1, -0.05) is 61.0 Å². The van der Waals surface area contributed by atoms with Crippen LogP contribution in [0.5, 0.6) is 0 Å². The summed E-state index contributed by atoms with van der Waals surface area (Å²) >= 11 is 3.44. The normalized spacial score (nSPS) is 19.5. The number of carbonyl (C=O) groups excluding carboxylic acids is 1. The van der Waals surface area contributed by atoms with Crippen molar-refractivity contribution in [2.24, 2.45) is 5.41 Å². The van der Waals surface area contributed by atoms with E-state index in [0.717, 1.165) is 32.5 Å². The Morgan fingerprint density at radius 3 is 2.32 bits per heavy atom. The van der Waals surface area contributed by atoms with E-state index in [1.807, 2.05) is 55.5 Å². The van der Waals surface area contributed by atoms with Crippen molar-refractivity contribution >= 4 is 33.8 Å². The summed E-state index contributed by atoms with van der Waals surface area (Å²) in [6.07, 6.45) is 0.939. The highest BCUT2D eigenvalue weighted by Gasteiger charge is 2.49. The molecule has 25 heavy (non-hydrogen) atoms. The minimum atomic E-state index is -1.09. The number of halogens is 1. The van der Waals surface area contributed by atoms with Crippen LogP contribution in [0.4, 0.5) is 10.5 Å². The van der Waals surface area contributed by atoms with Gasteiger partial charge in [0.2, 0.25) is 0 Å². The number of carboxylic acid groups (broad SMARTS) is 1. The van der Waals surface area contributed by atoms with E-state index in [4.69, 9.17) is 0 Å². The van der Waals surface area contributed by atoms with E-state index in [1.54, 1.807) is 0 Å². The zero-order valence-electron chi connectivity index (χ0n) is 15.0. The lowest BCUT2D eigenvalue weighted by molar-refractivity contribution is -0.263. The van der Waals surface area contributed by atoms with Crippen molar-refractivity contribution in [3.63, 3.8) is 0 Å². The monoisotopic (exact) mass is 399 g/mol. The summed E-state index contributed by atoms with van der Waals surface area (Å²) in [6.45, 7) is 8.46. The Morgan fingerprint density at radius 1 is 1.12 bits per heavy atom. The fourth-order valence-corrected chi connectivity index (χ4v) is 4.03. The standard InChI is InChI=1S/C21H22BrNO2/c1-14-6-5-7-16-12-18(21(2,3)4)23(19(14)16,20(24)25)13-15-8-10-17(22)11-9-15/h5-12H,13H2,1-4H3. The van der Waals surface area contributed by atoms with Crippen molar-refractivity contribution in [1.82, 2.24) is 4.48 Å². The van der Waals surface area contributed by atoms with E-state index in [2.05, 4.69) is 36.7 Å². The van der Waals surface area contributed by atoms with Crippen LogP contribution in [-0.4, -0.2) is 6.09 Å². The average Bonchev–Trinajstić information content (AvgIpc) is 2.87. The maximum atomic E-state index is 12.6. The molecule has 0 aromatic heterocycles. The van der Waals surface area contributed by atoms with Crippen molar-refractivity contribution < 1.29 is 9.90 Å². The van der Waals surface area contributed by atoms with Gasteiger partial charge >= 0.3 is 0 Å². The number of allylic oxidation sites excluding steroid dienone is 1. The molecule has 4 heteroatoms. The number of hydrogen-bond donors (Lipinski definition) is 0. The highest BCUT2D eigenvalue weighted by Crippen LogP contribution is 2.49. The third-order valence-electron chi connectivity index (χ3n) is 4.77. The molecule has 2 aromatic rings. The largest absolute Gasteiger partial charge is 0.498 e. The summed E-state index contributed by atoms with van der Waals surface area (Å²) < 4.78 is 0.702. The van der Waals surface area contributed by atoms with Gasteiger partial charge in [0.15, 0.2) is 5.69 Å². The van der Waals surface area contributed by atoms with Crippen molar-refractivity contribution in [2.45, 2.75) is 34.2 Å². The molecule has 1 atom stereocenters. The Balaban J connectivity index is 2.26. The third kappa shape index (κ3) is 2.94. The average molecular weight is 400 g/mol. The number of fused-ring (bicyclic) bond motifs is 1. The van der Waals surface area contributed by atoms with Crippen molar-refractivity contribution in [3.05, 3.63) is 69.3 Å². The van der Waals surface area contributed by atoms with Crippen LogP contribution in [0, 0.1) is 12.3 Å². The van der Waals surface area contributed by atoms with Gasteiger partial charge in [0.25, 0.3) is 6.09 Å². The quantitative estimate of drug-likeness (QED) is 0.665. The van der Waals surface area contributed by atoms with Crippen LogP contribution >= 0.6 is 15.9 Å². The molecule has 0 radical (unpaired) electrons. The van der Waals surface area contributed by atoms with Gasteiger partial charge in [0.05, 0.1) is 0 Å². The molecule has 1 unspecified atom stereocenters. The van der Waals surface area contributed by atoms with Gasteiger partial charge in [0, 0.05) is 32.7 Å². The second-order valence-corrected chi connectivity index (χ2v) is 8.57. The van der Waals surface area contributed by atoms with Crippen molar-refractivity contribution in [2.75, 3.05) is 0 Å². The van der Waals surface area contributed by atoms with Crippen molar-refractivity contribution in [3.8, 4) is 0 Å². The van der Waals surface area contributed by atoms with Gasteiger partial charge in [-0.05, 0) is 25.1 Å². The second kappa shape index (κ2) is 6.11. The van der Waals surface area contributed by atoms with Crippen LogP contribution in [0.15, 0.2) is 52.6 Å². The Hall–Kier alpha value is -1.91. The summed E-state index contributed by atoms with van der Waals surface area (Å²) in [6, 6.07) is 13.7. The molecule has 1 aliphatic rings. The molecule has 1 amide bonds. The summed E-state index contributed by atoms with van der Waals surface area (Å²) in [5.41, 5.74) is 4.25. The van der Waals surface area contributed by atoms with Crippen LogP contribution in [0.1, 0.15) is 37.5 Å². The first-order valence-electron chi connectivity index (χ1n) is 8.33. The number of para-hydroxylation sites is 1. The number of rotatable bonds is 2. The van der Waals surface area contributed by atoms with Crippen LogP contribution in [0.2, 0.25) is 0 Å². The first kappa shape index (κ1) is 17.9. The van der Waals surface area contributed by atoms with Gasteiger partial charge < -0.3 is 9.90 Å². The van der Waals surface area contributed by atoms with Gasteiger partial charge in [0.1, 0.15) is 12.2 Å². The fraction of sp³-hybridized carbons (Fsp3) is 0.286.